The van der Waals surface area contributed by atoms with Crippen molar-refractivity contribution in [2.24, 2.45) is 0 Å². The number of sulfonamides is 1. The highest BCUT2D eigenvalue weighted by Crippen LogP contribution is 2.20. The Morgan fingerprint density at radius 3 is 2.69 bits per heavy atom. The molecule has 0 aliphatic rings. The van der Waals surface area contributed by atoms with Gasteiger partial charge in [-0.15, -0.1) is 0 Å². The Hall–Kier alpha value is -1.83. The van der Waals surface area contributed by atoms with E-state index in [1.165, 1.54) is 6.07 Å². The Balaban J connectivity index is 2.96. The van der Waals surface area contributed by atoms with Gasteiger partial charge in [-0.05, 0) is 12.1 Å². The number of carboxylic acid groups (broad SMARTS) is 1. The van der Waals surface area contributed by atoms with Crippen LogP contribution in [-0.2, 0) is 14.8 Å². The van der Waals surface area contributed by atoms with Crippen LogP contribution in [-0.4, -0.2) is 25.2 Å². The zero-order chi connectivity index (χ0) is 12.3. The lowest BCUT2D eigenvalue weighted by atomic mass is 10.3. The first-order valence-corrected chi connectivity index (χ1v) is 5.73. The third-order valence-electron chi connectivity index (χ3n) is 1.59. The van der Waals surface area contributed by atoms with Crippen molar-refractivity contribution in [3.8, 4) is 0 Å². The molecule has 0 saturated carbocycles. The SMILES string of the molecule is Nc1ccc(F)cc1NS(=O)(=O)CC(=O)O. The lowest BCUT2D eigenvalue weighted by Gasteiger charge is -2.08. The second kappa shape index (κ2) is 4.35. The number of nitrogens with two attached hydrogens (primary N) is 1. The van der Waals surface area contributed by atoms with Crippen molar-refractivity contribution >= 4 is 27.4 Å². The molecule has 0 heterocycles. The molecule has 8 heteroatoms. The number of carboxylic acids is 1. The highest BCUT2D eigenvalue weighted by atomic mass is 32.2. The molecule has 1 aromatic rings. The van der Waals surface area contributed by atoms with Gasteiger partial charge in [0, 0.05) is 6.07 Å². The predicted octanol–water partition coefficient (Wildman–Crippen LogP) is 0.234. The molecule has 16 heavy (non-hydrogen) atoms. The topological polar surface area (TPSA) is 109 Å². The molecule has 0 fully saturated rings. The van der Waals surface area contributed by atoms with Gasteiger partial charge in [0.2, 0.25) is 10.0 Å². The number of halogens is 1. The van der Waals surface area contributed by atoms with E-state index in [9.17, 15) is 17.6 Å². The summed E-state index contributed by atoms with van der Waals surface area (Å²) < 4.78 is 37.1. The molecule has 0 bridgehead atoms. The number of hydrogen-bond donors (Lipinski definition) is 3. The summed E-state index contributed by atoms with van der Waals surface area (Å²) >= 11 is 0. The zero-order valence-electron chi connectivity index (χ0n) is 7.97. The number of carbonyl (C=O) groups is 1. The maximum absolute atomic E-state index is 12.8. The van der Waals surface area contributed by atoms with Crippen molar-refractivity contribution in [1.82, 2.24) is 0 Å². The minimum atomic E-state index is -4.07. The van der Waals surface area contributed by atoms with E-state index in [0.717, 1.165) is 12.1 Å². The minimum Gasteiger partial charge on any atom is -0.480 e. The molecule has 0 aromatic heterocycles. The van der Waals surface area contributed by atoms with Gasteiger partial charge in [0.1, 0.15) is 5.82 Å². The van der Waals surface area contributed by atoms with Crippen LogP contribution in [0.4, 0.5) is 15.8 Å². The Morgan fingerprint density at radius 1 is 1.50 bits per heavy atom. The Morgan fingerprint density at radius 2 is 2.12 bits per heavy atom. The quantitative estimate of drug-likeness (QED) is 0.661. The van der Waals surface area contributed by atoms with Crippen LogP contribution in [0.2, 0.25) is 0 Å². The predicted molar refractivity (Wildman–Crippen MR) is 55.9 cm³/mol. The normalized spacial score (nSPS) is 11.1. The van der Waals surface area contributed by atoms with Gasteiger partial charge in [-0.1, -0.05) is 0 Å². The first-order chi connectivity index (χ1) is 7.30. The Kier molecular flexibility index (Phi) is 3.33. The van der Waals surface area contributed by atoms with Crippen LogP contribution in [0, 0.1) is 5.82 Å². The van der Waals surface area contributed by atoms with Gasteiger partial charge < -0.3 is 10.8 Å². The lowest BCUT2D eigenvalue weighted by Crippen LogP contribution is -2.22. The number of aliphatic carboxylic acids is 1. The molecule has 4 N–H and O–H groups in total. The number of nitrogen functional groups attached to an aromatic ring is 1. The zero-order valence-corrected chi connectivity index (χ0v) is 8.79. The third-order valence-corrected chi connectivity index (χ3v) is 2.75. The number of hydrogen-bond acceptors (Lipinski definition) is 4. The second-order valence-corrected chi connectivity index (χ2v) is 4.71. The first kappa shape index (κ1) is 12.2. The van der Waals surface area contributed by atoms with Crippen molar-refractivity contribution in [2.75, 3.05) is 16.2 Å². The minimum absolute atomic E-state index is 0.00960. The summed E-state index contributed by atoms with van der Waals surface area (Å²) in [7, 11) is -4.07. The standard InChI is InChI=1S/C8H9FN2O4S/c9-5-1-2-6(10)7(3-5)11-16(14,15)4-8(12)13/h1-3,11H,4,10H2,(H,12,13). The van der Waals surface area contributed by atoms with Crippen molar-refractivity contribution in [2.45, 2.75) is 0 Å². The van der Waals surface area contributed by atoms with Crippen LogP contribution in [0.1, 0.15) is 0 Å². The molecular formula is C8H9FN2O4S. The highest BCUT2D eigenvalue weighted by molar-refractivity contribution is 7.93. The van der Waals surface area contributed by atoms with Gasteiger partial charge in [-0.2, -0.15) is 0 Å². The molecule has 0 aliphatic carbocycles. The van der Waals surface area contributed by atoms with E-state index in [2.05, 4.69) is 0 Å². The number of rotatable bonds is 4. The van der Waals surface area contributed by atoms with Crippen molar-refractivity contribution in [3.63, 3.8) is 0 Å². The molecule has 6 nitrogen and oxygen atoms in total. The van der Waals surface area contributed by atoms with Crippen molar-refractivity contribution < 1.29 is 22.7 Å². The maximum Gasteiger partial charge on any atom is 0.320 e. The fourth-order valence-corrected chi connectivity index (χ4v) is 1.89. The summed E-state index contributed by atoms with van der Waals surface area (Å²) in [6.07, 6.45) is 0. The van der Waals surface area contributed by atoms with Crippen molar-refractivity contribution in [3.05, 3.63) is 24.0 Å². The fraction of sp³-hybridized carbons (Fsp3) is 0.125. The summed E-state index contributed by atoms with van der Waals surface area (Å²) in [6, 6.07) is 3.10. The van der Waals surface area contributed by atoms with Crippen LogP contribution in [0.5, 0.6) is 0 Å². The largest absolute Gasteiger partial charge is 0.480 e. The Bertz CT molecular complexity index is 515. The summed E-state index contributed by atoms with van der Waals surface area (Å²) in [5.41, 5.74) is 5.22. The highest BCUT2D eigenvalue weighted by Gasteiger charge is 2.16. The van der Waals surface area contributed by atoms with Crippen LogP contribution in [0.25, 0.3) is 0 Å². The molecular weight excluding hydrogens is 239 g/mol. The average molecular weight is 248 g/mol. The van der Waals surface area contributed by atoms with Gasteiger partial charge in [-0.3, -0.25) is 9.52 Å². The molecule has 0 radical (unpaired) electrons. The van der Waals surface area contributed by atoms with Gasteiger partial charge in [0.25, 0.3) is 0 Å². The monoisotopic (exact) mass is 248 g/mol. The lowest BCUT2D eigenvalue weighted by molar-refractivity contribution is -0.134. The molecule has 0 aliphatic heterocycles. The molecule has 88 valence electrons. The molecule has 1 rings (SSSR count). The van der Waals surface area contributed by atoms with E-state index in [0.29, 0.717) is 0 Å². The van der Waals surface area contributed by atoms with Gasteiger partial charge in [0.05, 0.1) is 11.4 Å². The third kappa shape index (κ3) is 3.39. The van der Waals surface area contributed by atoms with E-state index in [-0.39, 0.29) is 11.4 Å². The summed E-state index contributed by atoms with van der Waals surface area (Å²) in [5.74, 6) is -3.30. The van der Waals surface area contributed by atoms with Crippen LogP contribution >= 0.6 is 0 Å². The van der Waals surface area contributed by atoms with Gasteiger partial charge in [0.15, 0.2) is 5.75 Å². The number of anilines is 2. The van der Waals surface area contributed by atoms with E-state index in [1.807, 2.05) is 4.72 Å². The van der Waals surface area contributed by atoms with Crippen LogP contribution in [0.15, 0.2) is 18.2 Å². The smallest absolute Gasteiger partial charge is 0.320 e. The number of nitrogens with one attached hydrogen (secondary N) is 1. The number of benzene rings is 1. The Labute approximate surface area is 90.9 Å². The van der Waals surface area contributed by atoms with Crippen molar-refractivity contribution in [1.29, 1.82) is 0 Å². The van der Waals surface area contributed by atoms with Gasteiger partial charge in [-0.25, -0.2) is 12.8 Å². The summed E-state index contributed by atoms with van der Waals surface area (Å²) in [5, 5.41) is 8.33. The second-order valence-electron chi connectivity index (χ2n) is 2.99. The molecule has 0 amide bonds. The first-order valence-electron chi connectivity index (χ1n) is 4.07. The maximum atomic E-state index is 12.8. The summed E-state index contributed by atoms with van der Waals surface area (Å²) in [6.45, 7) is 0. The molecule has 0 atom stereocenters. The molecule has 0 spiro atoms. The van der Waals surface area contributed by atoms with E-state index in [4.69, 9.17) is 10.8 Å². The van der Waals surface area contributed by atoms with E-state index < -0.39 is 27.6 Å². The van der Waals surface area contributed by atoms with Crippen LogP contribution in [0.3, 0.4) is 0 Å². The molecule has 0 saturated heterocycles. The van der Waals surface area contributed by atoms with Crippen LogP contribution < -0.4 is 10.5 Å². The summed E-state index contributed by atoms with van der Waals surface area (Å²) in [4.78, 5) is 10.2. The average Bonchev–Trinajstić information content (AvgIpc) is 2.08. The van der Waals surface area contributed by atoms with E-state index >= 15 is 0 Å². The molecule has 1 aromatic carbocycles. The molecule has 0 unspecified atom stereocenters. The van der Waals surface area contributed by atoms with E-state index in [1.54, 1.807) is 0 Å². The van der Waals surface area contributed by atoms with Gasteiger partial charge >= 0.3 is 5.97 Å². The fourth-order valence-electron chi connectivity index (χ4n) is 0.983.